The van der Waals surface area contributed by atoms with Gasteiger partial charge in [-0.05, 0) is 41.6 Å². The molecule has 0 aliphatic heterocycles. The minimum absolute atomic E-state index is 0.447. The average molecular weight is 375 g/mol. The molecule has 2 aromatic rings. The van der Waals surface area contributed by atoms with E-state index in [1.807, 2.05) is 38.1 Å². The summed E-state index contributed by atoms with van der Waals surface area (Å²) in [5, 5.41) is 0.447. The van der Waals surface area contributed by atoms with E-state index in [0.717, 1.165) is 21.3 Å². The number of halogens is 2. The van der Waals surface area contributed by atoms with Gasteiger partial charge in [-0.15, -0.1) is 0 Å². The van der Waals surface area contributed by atoms with E-state index < -0.39 is 0 Å². The fourth-order valence-electron chi connectivity index (χ4n) is 1.40. The SMILES string of the molecule is CCc1nc(Cl)c(C)c(Oc2ccccc2I)n1. The van der Waals surface area contributed by atoms with E-state index in [9.17, 15) is 0 Å². The van der Waals surface area contributed by atoms with E-state index in [-0.39, 0.29) is 0 Å². The van der Waals surface area contributed by atoms with E-state index in [2.05, 4.69) is 32.6 Å². The highest BCUT2D eigenvalue weighted by atomic mass is 127. The van der Waals surface area contributed by atoms with E-state index >= 15 is 0 Å². The molecular formula is C13H12ClIN2O. The molecule has 1 heterocycles. The van der Waals surface area contributed by atoms with Crippen molar-refractivity contribution in [3.63, 3.8) is 0 Å². The smallest absolute Gasteiger partial charge is 0.227 e. The molecule has 0 N–H and O–H groups in total. The molecule has 0 saturated carbocycles. The molecule has 1 aromatic carbocycles. The van der Waals surface area contributed by atoms with Crippen LogP contribution in [0.25, 0.3) is 0 Å². The first-order valence-corrected chi connectivity index (χ1v) is 7.03. The van der Waals surface area contributed by atoms with Gasteiger partial charge in [0.2, 0.25) is 5.88 Å². The second-order valence-electron chi connectivity index (χ2n) is 3.75. The van der Waals surface area contributed by atoms with Crippen molar-refractivity contribution in [1.82, 2.24) is 9.97 Å². The molecule has 18 heavy (non-hydrogen) atoms. The van der Waals surface area contributed by atoms with Crippen molar-refractivity contribution in [3.8, 4) is 11.6 Å². The van der Waals surface area contributed by atoms with Crippen LogP contribution in [0.2, 0.25) is 5.15 Å². The maximum Gasteiger partial charge on any atom is 0.227 e. The number of para-hydroxylation sites is 1. The van der Waals surface area contributed by atoms with Crippen LogP contribution in [-0.2, 0) is 6.42 Å². The first-order valence-electron chi connectivity index (χ1n) is 5.57. The van der Waals surface area contributed by atoms with Crippen LogP contribution in [0.15, 0.2) is 24.3 Å². The summed E-state index contributed by atoms with van der Waals surface area (Å²) in [7, 11) is 0. The summed E-state index contributed by atoms with van der Waals surface area (Å²) in [6.45, 7) is 3.84. The number of hydrogen-bond acceptors (Lipinski definition) is 3. The van der Waals surface area contributed by atoms with Gasteiger partial charge in [0, 0.05) is 12.0 Å². The summed E-state index contributed by atoms with van der Waals surface area (Å²) in [6.07, 6.45) is 0.724. The second-order valence-corrected chi connectivity index (χ2v) is 5.27. The standard InChI is InChI=1S/C13H12ClIN2O/c1-3-11-16-12(14)8(2)13(17-11)18-10-7-5-4-6-9(10)15/h4-7H,3H2,1-2H3. The van der Waals surface area contributed by atoms with Gasteiger partial charge in [0.25, 0.3) is 0 Å². The highest BCUT2D eigenvalue weighted by Gasteiger charge is 2.11. The molecule has 0 atom stereocenters. The van der Waals surface area contributed by atoms with Crippen LogP contribution in [0.1, 0.15) is 18.3 Å². The summed E-state index contributed by atoms with van der Waals surface area (Å²) in [6, 6.07) is 7.78. The normalized spacial score (nSPS) is 10.4. The van der Waals surface area contributed by atoms with Crippen LogP contribution in [0.4, 0.5) is 0 Å². The Morgan fingerprint density at radius 3 is 2.67 bits per heavy atom. The average Bonchev–Trinajstić information content (AvgIpc) is 2.37. The lowest BCUT2D eigenvalue weighted by Crippen LogP contribution is -2.00. The molecule has 1 aromatic heterocycles. The van der Waals surface area contributed by atoms with Gasteiger partial charge in [-0.2, -0.15) is 4.98 Å². The summed E-state index contributed by atoms with van der Waals surface area (Å²) in [5.41, 5.74) is 0.758. The molecule has 0 saturated heterocycles. The number of nitrogens with zero attached hydrogens (tertiary/aromatic N) is 2. The van der Waals surface area contributed by atoms with Gasteiger partial charge >= 0.3 is 0 Å². The molecule has 5 heteroatoms. The first-order chi connectivity index (χ1) is 8.61. The Morgan fingerprint density at radius 1 is 1.28 bits per heavy atom. The van der Waals surface area contributed by atoms with Crippen molar-refractivity contribution < 1.29 is 4.74 Å². The molecule has 94 valence electrons. The molecule has 0 aliphatic carbocycles. The van der Waals surface area contributed by atoms with Crippen molar-refractivity contribution in [1.29, 1.82) is 0 Å². The molecule has 0 spiro atoms. The molecule has 2 rings (SSSR count). The van der Waals surface area contributed by atoms with Crippen LogP contribution < -0.4 is 4.74 Å². The number of aromatic nitrogens is 2. The molecule has 0 amide bonds. The highest BCUT2D eigenvalue weighted by molar-refractivity contribution is 14.1. The van der Waals surface area contributed by atoms with Gasteiger partial charge in [-0.1, -0.05) is 30.7 Å². The van der Waals surface area contributed by atoms with Gasteiger partial charge < -0.3 is 4.74 Å². The minimum atomic E-state index is 0.447. The molecule has 3 nitrogen and oxygen atoms in total. The third-order valence-corrected chi connectivity index (χ3v) is 3.71. The van der Waals surface area contributed by atoms with Crippen LogP contribution >= 0.6 is 34.2 Å². The minimum Gasteiger partial charge on any atom is -0.437 e. The van der Waals surface area contributed by atoms with Crippen LogP contribution in [0, 0.1) is 10.5 Å². The molecule has 0 aliphatic rings. The van der Waals surface area contributed by atoms with Crippen LogP contribution in [-0.4, -0.2) is 9.97 Å². The molecule has 0 fully saturated rings. The monoisotopic (exact) mass is 374 g/mol. The summed E-state index contributed by atoms with van der Waals surface area (Å²) < 4.78 is 6.85. The van der Waals surface area contributed by atoms with Gasteiger partial charge in [-0.25, -0.2) is 4.98 Å². The lowest BCUT2D eigenvalue weighted by Gasteiger charge is -2.10. The van der Waals surface area contributed by atoms with Gasteiger partial charge in [-0.3, -0.25) is 0 Å². The Labute approximate surface area is 125 Å². The predicted octanol–water partition coefficient (Wildman–Crippen LogP) is 4.40. The summed E-state index contributed by atoms with van der Waals surface area (Å²) in [5.74, 6) is 1.99. The number of rotatable bonds is 3. The van der Waals surface area contributed by atoms with Crippen molar-refractivity contribution in [2.24, 2.45) is 0 Å². The molecule has 0 radical (unpaired) electrons. The van der Waals surface area contributed by atoms with E-state index in [1.165, 1.54) is 0 Å². The van der Waals surface area contributed by atoms with Gasteiger partial charge in [0.1, 0.15) is 16.7 Å². The Balaban J connectivity index is 2.40. The number of aryl methyl sites for hydroxylation is 1. The Hall–Kier alpha value is -0.880. The maximum atomic E-state index is 6.07. The molecule has 0 bridgehead atoms. The first kappa shape index (κ1) is 13.5. The topological polar surface area (TPSA) is 35.0 Å². The zero-order valence-corrected chi connectivity index (χ0v) is 13.0. The fourth-order valence-corrected chi connectivity index (χ4v) is 2.08. The summed E-state index contributed by atoms with van der Waals surface area (Å²) in [4.78, 5) is 8.56. The zero-order valence-electron chi connectivity index (χ0n) is 10.1. The Bertz CT molecular complexity index is 575. The lowest BCUT2D eigenvalue weighted by atomic mass is 10.3. The van der Waals surface area contributed by atoms with E-state index in [1.54, 1.807) is 0 Å². The predicted molar refractivity (Wildman–Crippen MR) is 80.4 cm³/mol. The second kappa shape index (κ2) is 5.84. The fraction of sp³-hybridized carbons (Fsp3) is 0.231. The quantitative estimate of drug-likeness (QED) is 0.590. The van der Waals surface area contributed by atoms with E-state index in [4.69, 9.17) is 16.3 Å². The Morgan fingerprint density at radius 2 is 2.00 bits per heavy atom. The molecule has 0 unspecified atom stereocenters. The number of hydrogen-bond donors (Lipinski definition) is 0. The highest BCUT2D eigenvalue weighted by Crippen LogP contribution is 2.29. The van der Waals surface area contributed by atoms with Crippen molar-refractivity contribution >= 4 is 34.2 Å². The largest absolute Gasteiger partial charge is 0.437 e. The van der Waals surface area contributed by atoms with E-state index in [0.29, 0.717) is 16.9 Å². The van der Waals surface area contributed by atoms with Gasteiger partial charge in [0.15, 0.2) is 0 Å². The van der Waals surface area contributed by atoms with Crippen LogP contribution in [0.3, 0.4) is 0 Å². The number of ether oxygens (including phenoxy) is 1. The third-order valence-electron chi connectivity index (χ3n) is 2.45. The molecular weight excluding hydrogens is 363 g/mol. The van der Waals surface area contributed by atoms with Crippen molar-refractivity contribution in [2.75, 3.05) is 0 Å². The van der Waals surface area contributed by atoms with Crippen LogP contribution in [0.5, 0.6) is 11.6 Å². The Kier molecular flexibility index (Phi) is 4.40. The van der Waals surface area contributed by atoms with Crippen molar-refractivity contribution in [2.45, 2.75) is 20.3 Å². The number of benzene rings is 1. The third kappa shape index (κ3) is 2.92. The summed E-state index contributed by atoms with van der Waals surface area (Å²) >= 11 is 8.29. The zero-order chi connectivity index (χ0) is 13.1. The maximum absolute atomic E-state index is 6.07. The lowest BCUT2D eigenvalue weighted by molar-refractivity contribution is 0.451. The van der Waals surface area contributed by atoms with Gasteiger partial charge in [0.05, 0.1) is 3.57 Å². The van der Waals surface area contributed by atoms with Crippen molar-refractivity contribution in [3.05, 3.63) is 44.4 Å².